The lowest BCUT2D eigenvalue weighted by Crippen LogP contribution is -2.46. The van der Waals surface area contributed by atoms with Gasteiger partial charge in [-0.15, -0.1) is 0 Å². The van der Waals surface area contributed by atoms with Crippen LogP contribution in [0.2, 0.25) is 0 Å². The Balaban J connectivity index is 1.94. The Morgan fingerprint density at radius 2 is 2.10 bits per heavy atom. The Hall–Kier alpha value is -1.07. The summed E-state index contributed by atoms with van der Waals surface area (Å²) >= 11 is 0. The van der Waals surface area contributed by atoms with Gasteiger partial charge < -0.3 is 10.2 Å². The van der Waals surface area contributed by atoms with Gasteiger partial charge in [0.05, 0.1) is 5.56 Å². The summed E-state index contributed by atoms with van der Waals surface area (Å²) in [5, 5.41) is 3.39. The highest BCUT2D eigenvalue weighted by molar-refractivity contribution is 5.25. The van der Waals surface area contributed by atoms with Gasteiger partial charge in [-0.05, 0) is 37.6 Å². The van der Waals surface area contributed by atoms with Gasteiger partial charge in [-0.25, -0.2) is 0 Å². The molecule has 1 aromatic rings. The molecule has 0 radical (unpaired) electrons. The van der Waals surface area contributed by atoms with Gasteiger partial charge >= 0.3 is 6.18 Å². The van der Waals surface area contributed by atoms with Crippen LogP contribution in [-0.4, -0.2) is 31.1 Å². The number of likely N-dealkylation sites (tertiary alicyclic amines) is 1. The molecular weight excluding hydrogens is 265 g/mol. The molecule has 112 valence electrons. The second kappa shape index (κ2) is 6.14. The maximum atomic E-state index is 12.6. The molecule has 2 unspecified atom stereocenters. The molecule has 0 spiro atoms. The highest BCUT2D eigenvalue weighted by Crippen LogP contribution is 2.29. The first kappa shape index (κ1) is 15.3. The number of nitrogens with one attached hydrogen (secondary N) is 1. The molecule has 2 nitrogen and oxygen atoms in total. The number of alkyl halides is 3. The average Bonchev–Trinajstić information content (AvgIpc) is 2.37. The SMILES string of the molecule is CC1CN(C)CCC1NCc1cccc(C(F)(F)F)c1. The summed E-state index contributed by atoms with van der Waals surface area (Å²) in [6.07, 6.45) is -3.23. The van der Waals surface area contributed by atoms with Gasteiger partial charge in [0.15, 0.2) is 0 Å². The molecule has 1 aromatic carbocycles. The molecule has 0 aromatic heterocycles. The molecule has 1 N–H and O–H groups in total. The van der Waals surface area contributed by atoms with E-state index < -0.39 is 11.7 Å². The fourth-order valence-electron chi connectivity index (χ4n) is 2.76. The van der Waals surface area contributed by atoms with Crippen LogP contribution in [0, 0.1) is 5.92 Å². The number of hydrogen-bond acceptors (Lipinski definition) is 2. The van der Waals surface area contributed by atoms with Gasteiger partial charge in [0.25, 0.3) is 0 Å². The molecule has 0 aliphatic carbocycles. The van der Waals surface area contributed by atoms with Crippen molar-refractivity contribution in [2.45, 2.75) is 32.1 Å². The Bertz CT molecular complexity index is 445. The third-order valence-electron chi connectivity index (χ3n) is 3.93. The second-order valence-electron chi connectivity index (χ2n) is 5.71. The summed E-state index contributed by atoms with van der Waals surface area (Å²) in [5.41, 5.74) is 0.110. The fraction of sp³-hybridized carbons (Fsp3) is 0.600. The molecule has 0 bridgehead atoms. The third-order valence-corrected chi connectivity index (χ3v) is 3.93. The molecule has 1 fully saturated rings. The summed E-state index contributed by atoms with van der Waals surface area (Å²) in [6, 6.07) is 5.93. The topological polar surface area (TPSA) is 15.3 Å². The number of nitrogens with zero attached hydrogens (tertiary/aromatic N) is 1. The average molecular weight is 286 g/mol. The van der Waals surface area contributed by atoms with Crippen LogP contribution < -0.4 is 5.32 Å². The van der Waals surface area contributed by atoms with Crippen molar-refractivity contribution in [2.24, 2.45) is 5.92 Å². The Morgan fingerprint density at radius 3 is 2.75 bits per heavy atom. The van der Waals surface area contributed by atoms with Crippen molar-refractivity contribution in [1.29, 1.82) is 0 Å². The highest BCUT2D eigenvalue weighted by atomic mass is 19.4. The van der Waals surface area contributed by atoms with E-state index in [0.717, 1.165) is 25.6 Å². The molecular formula is C15H21F3N2. The van der Waals surface area contributed by atoms with Crippen molar-refractivity contribution in [3.05, 3.63) is 35.4 Å². The normalized spacial score (nSPS) is 24.9. The van der Waals surface area contributed by atoms with Crippen molar-refractivity contribution in [2.75, 3.05) is 20.1 Å². The van der Waals surface area contributed by atoms with Gasteiger partial charge in [0, 0.05) is 19.1 Å². The van der Waals surface area contributed by atoms with E-state index >= 15 is 0 Å². The number of benzene rings is 1. The van der Waals surface area contributed by atoms with E-state index in [0.29, 0.717) is 24.1 Å². The first-order valence-electron chi connectivity index (χ1n) is 6.94. The zero-order valence-corrected chi connectivity index (χ0v) is 11.9. The lowest BCUT2D eigenvalue weighted by atomic mass is 9.94. The minimum Gasteiger partial charge on any atom is -0.310 e. The van der Waals surface area contributed by atoms with Crippen molar-refractivity contribution < 1.29 is 13.2 Å². The quantitative estimate of drug-likeness (QED) is 0.918. The van der Waals surface area contributed by atoms with Gasteiger partial charge in [-0.3, -0.25) is 0 Å². The molecule has 0 saturated carbocycles. The van der Waals surface area contributed by atoms with E-state index in [4.69, 9.17) is 0 Å². The Kier molecular flexibility index (Phi) is 4.70. The number of piperidine rings is 1. The molecule has 2 atom stereocenters. The maximum absolute atomic E-state index is 12.6. The number of halogens is 3. The first-order valence-corrected chi connectivity index (χ1v) is 6.94. The van der Waals surface area contributed by atoms with Crippen molar-refractivity contribution in [3.63, 3.8) is 0 Å². The molecule has 1 saturated heterocycles. The van der Waals surface area contributed by atoms with Crippen LogP contribution in [0.1, 0.15) is 24.5 Å². The summed E-state index contributed by atoms with van der Waals surface area (Å²) in [6.45, 7) is 4.73. The molecule has 0 amide bonds. The summed E-state index contributed by atoms with van der Waals surface area (Å²) in [5.74, 6) is 0.513. The minimum absolute atomic E-state index is 0.376. The zero-order chi connectivity index (χ0) is 14.8. The van der Waals surface area contributed by atoms with E-state index in [1.54, 1.807) is 6.07 Å². The van der Waals surface area contributed by atoms with E-state index in [1.807, 2.05) is 0 Å². The van der Waals surface area contributed by atoms with Gasteiger partial charge in [0.1, 0.15) is 0 Å². The van der Waals surface area contributed by atoms with Crippen LogP contribution >= 0.6 is 0 Å². The van der Waals surface area contributed by atoms with Crippen LogP contribution in [0.25, 0.3) is 0 Å². The summed E-state index contributed by atoms with van der Waals surface area (Å²) < 4.78 is 37.9. The van der Waals surface area contributed by atoms with Crippen LogP contribution in [0.15, 0.2) is 24.3 Å². The third kappa shape index (κ3) is 3.96. The van der Waals surface area contributed by atoms with E-state index in [2.05, 4.69) is 24.2 Å². The largest absolute Gasteiger partial charge is 0.416 e. The molecule has 2 rings (SSSR count). The first-order chi connectivity index (χ1) is 9.36. The van der Waals surface area contributed by atoms with Crippen LogP contribution in [-0.2, 0) is 12.7 Å². The fourth-order valence-corrected chi connectivity index (χ4v) is 2.76. The van der Waals surface area contributed by atoms with Crippen molar-refractivity contribution in [3.8, 4) is 0 Å². The van der Waals surface area contributed by atoms with E-state index in [-0.39, 0.29) is 0 Å². The van der Waals surface area contributed by atoms with Crippen molar-refractivity contribution >= 4 is 0 Å². The van der Waals surface area contributed by atoms with Crippen LogP contribution in [0.5, 0.6) is 0 Å². The minimum atomic E-state index is -4.27. The smallest absolute Gasteiger partial charge is 0.310 e. The Morgan fingerprint density at radius 1 is 1.35 bits per heavy atom. The number of rotatable bonds is 3. The predicted molar refractivity (Wildman–Crippen MR) is 73.3 cm³/mol. The van der Waals surface area contributed by atoms with E-state index in [9.17, 15) is 13.2 Å². The molecule has 20 heavy (non-hydrogen) atoms. The lowest BCUT2D eigenvalue weighted by molar-refractivity contribution is -0.137. The predicted octanol–water partition coefficient (Wildman–Crippen LogP) is 3.14. The van der Waals surface area contributed by atoms with Gasteiger partial charge in [0.2, 0.25) is 0 Å². The lowest BCUT2D eigenvalue weighted by Gasteiger charge is -2.35. The second-order valence-corrected chi connectivity index (χ2v) is 5.71. The maximum Gasteiger partial charge on any atom is 0.416 e. The standard InChI is InChI=1S/C15H21F3N2/c1-11-10-20(2)7-6-14(11)19-9-12-4-3-5-13(8-12)15(16,17)18/h3-5,8,11,14,19H,6-7,9-10H2,1-2H3. The molecule has 1 heterocycles. The van der Waals surface area contributed by atoms with Gasteiger partial charge in [-0.1, -0.05) is 25.1 Å². The summed E-state index contributed by atoms with van der Waals surface area (Å²) in [7, 11) is 2.10. The molecule has 1 aliphatic rings. The van der Waals surface area contributed by atoms with Crippen LogP contribution in [0.4, 0.5) is 13.2 Å². The molecule has 5 heteroatoms. The summed E-state index contributed by atoms with van der Waals surface area (Å²) in [4.78, 5) is 2.28. The zero-order valence-electron chi connectivity index (χ0n) is 11.9. The van der Waals surface area contributed by atoms with Crippen molar-refractivity contribution in [1.82, 2.24) is 10.2 Å². The highest BCUT2D eigenvalue weighted by Gasteiger charge is 2.30. The Labute approximate surface area is 118 Å². The monoisotopic (exact) mass is 286 g/mol. The van der Waals surface area contributed by atoms with Gasteiger partial charge in [-0.2, -0.15) is 13.2 Å². The number of hydrogen-bond donors (Lipinski definition) is 1. The van der Waals surface area contributed by atoms with Crippen LogP contribution in [0.3, 0.4) is 0 Å². The van der Waals surface area contributed by atoms with E-state index in [1.165, 1.54) is 12.1 Å². The molecule has 1 aliphatic heterocycles.